The smallest absolute Gasteiger partial charge is 0.262 e. The van der Waals surface area contributed by atoms with Crippen molar-refractivity contribution in [1.82, 2.24) is 5.32 Å². The summed E-state index contributed by atoms with van der Waals surface area (Å²) >= 11 is 0. The van der Waals surface area contributed by atoms with Gasteiger partial charge in [0.15, 0.2) is 0 Å². The summed E-state index contributed by atoms with van der Waals surface area (Å²) in [4.78, 5) is 27.1. The van der Waals surface area contributed by atoms with Gasteiger partial charge in [-0.2, -0.15) is 0 Å². The summed E-state index contributed by atoms with van der Waals surface area (Å²) < 4.78 is 0. The second-order valence-electron chi connectivity index (χ2n) is 10.9. The molecule has 1 aliphatic carbocycles. The third kappa shape index (κ3) is 5.17. The van der Waals surface area contributed by atoms with Gasteiger partial charge in [0.05, 0.1) is 12.6 Å². The summed E-state index contributed by atoms with van der Waals surface area (Å²) in [5.41, 5.74) is 7.56. The van der Waals surface area contributed by atoms with Crippen molar-refractivity contribution in [1.29, 1.82) is 0 Å². The Morgan fingerprint density at radius 1 is 1.03 bits per heavy atom. The Kier molecular flexibility index (Phi) is 7.54. The fourth-order valence-corrected chi connectivity index (χ4v) is 5.14. The first-order chi connectivity index (χ1) is 16.4. The number of fused-ring (bicyclic) bond motifs is 1. The molecule has 186 valence electrons. The maximum absolute atomic E-state index is 12.1. The second-order valence-corrected chi connectivity index (χ2v) is 10.9. The average Bonchev–Trinajstić information content (AvgIpc) is 2.85. The highest BCUT2D eigenvalue weighted by Gasteiger charge is 2.37. The fraction of sp³-hybridized carbons (Fsp3) is 0.452. The lowest BCUT2D eigenvalue weighted by Gasteiger charge is -2.41. The number of nitrogens with one attached hydrogen (secondary N) is 1. The summed E-state index contributed by atoms with van der Waals surface area (Å²) in [7, 11) is 1.51. The Hall–Kier alpha value is -3.01. The van der Waals surface area contributed by atoms with E-state index in [1.54, 1.807) is 0 Å². The molecular formula is C31H40N2O2. The maximum Gasteiger partial charge on any atom is 0.262 e. The molecule has 4 nitrogen and oxygen atoms in total. The Labute approximate surface area is 210 Å². The molecule has 1 aliphatic rings. The molecule has 0 heterocycles. The number of amides is 2. The van der Waals surface area contributed by atoms with E-state index in [2.05, 4.69) is 95.2 Å². The zero-order valence-electron chi connectivity index (χ0n) is 22.6. The molecule has 2 aromatic rings. The highest BCUT2D eigenvalue weighted by molar-refractivity contribution is 6.28. The Bertz CT molecular complexity index is 1170. The van der Waals surface area contributed by atoms with E-state index in [4.69, 9.17) is 0 Å². The molecular weight excluding hydrogens is 432 g/mol. The topological polar surface area (TPSA) is 58.5 Å². The molecule has 35 heavy (non-hydrogen) atoms. The van der Waals surface area contributed by atoms with Gasteiger partial charge in [0.2, 0.25) is 5.91 Å². The van der Waals surface area contributed by atoms with Crippen LogP contribution in [0.15, 0.2) is 53.5 Å². The van der Waals surface area contributed by atoms with Gasteiger partial charge in [0.25, 0.3) is 5.91 Å². The molecule has 2 atom stereocenters. The minimum absolute atomic E-state index is 0.0182. The third-order valence-electron chi connectivity index (χ3n) is 8.10. The lowest BCUT2D eigenvalue weighted by Crippen LogP contribution is -2.33. The number of nitrogens with zero attached hydrogens (tertiary/aromatic N) is 1. The molecule has 3 rings (SSSR count). The van der Waals surface area contributed by atoms with E-state index >= 15 is 0 Å². The number of hydrogen-bond donors (Lipinski definition) is 1. The van der Waals surface area contributed by atoms with Crippen molar-refractivity contribution < 1.29 is 9.59 Å². The van der Waals surface area contributed by atoms with Crippen molar-refractivity contribution in [3.8, 4) is 0 Å². The van der Waals surface area contributed by atoms with Crippen LogP contribution in [-0.4, -0.2) is 25.1 Å². The van der Waals surface area contributed by atoms with Gasteiger partial charge in [-0.25, -0.2) is 4.99 Å². The molecule has 0 fully saturated rings. The van der Waals surface area contributed by atoms with Gasteiger partial charge in [0, 0.05) is 23.3 Å². The minimum atomic E-state index is -0.383. The van der Waals surface area contributed by atoms with Crippen molar-refractivity contribution >= 4 is 18.0 Å². The molecule has 0 spiro atoms. The fourth-order valence-electron chi connectivity index (χ4n) is 5.14. The van der Waals surface area contributed by atoms with Gasteiger partial charge in [-0.15, -0.1) is 0 Å². The summed E-state index contributed by atoms with van der Waals surface area (Å²) in [6, 6.07) is 13.2. The largest absolute Gasteiger partial charge is 0.354 e. The van der Waals surface area contributed by atoms with Crippen LogP contribution in [0.5, 0.6) is 0 Å². The van der Waals surface area contributed by atoms with Crippen LogP contribution in [0.3, 0.4) is 0 Å². The first kappa shape index (κ1) is 26.6. The van der Waals surface area contributed by atoms with Crippen LogP contribution >= 0.6 is 0 Å². The lowest BCUT2D eigenvalue weighted by atomic mass is 9.63. The zero-order chi connectivity index (χ0) is 26.0. The first-order valence-electron chi connectivity index (χ1n) is 12.6. The summed E-state index contributed by atoms with van der Waals surface area (Å²) in [6.45, 7) is 16.0. The number of allylic oxidation sites excluding steroid dienone is 2. The van der Waals surface area contributed by atoms with Gasteiger partial charge in [-0.1, -0.05) is 90.1 Å². The number of aryl methyl sites for hydroxylation is 1. The predicted molar refractivity (Wildman–Crippen MR) is 145 cm³/mol. The van der Waals surface area contributed by atoms with E-state index in [9.17, 15) is 9.59 Å². The lowest BCUT2D eigenvalue weighted by molar-refractivity contribution is -0.118. The van der Waals surface area contributed by atoms with E-state index < -0.39 is 0 Å². The molecule has 2 unspecified atom stereocenters. The highest BCUT2D eigenvalue weighted by atomic mass is 16.2. The van der Waals surface area contributed by atoms with E-state index in [-0.39, 0.29) is 34.5 Å². The van der Waals surface area contributed by atoms with Gasteiger partial charge < -0.3 is 5.32 Å². The van der Waals surface area contributed by atoms with Crippen LogP contribution in [0, 0.1) is 6.92 Å². The van der Waals surface area contributed by atoms with E-state index in [1.165, 1.54) is 34.9 Å². The molecule has 0 radical (unpaired) electrons. The first-order valence-corrected chi connectivity index (χ1v) is 12.6. The predicted octanol–water partition coefficient (Wildman–Crippen LogP) is 6.11. The molecule has 0 aliphatic heterocycles. The molecule has 0 aromatic heterocycles. The van der Waals surface area contributed by atoms with Crippen molar-refractivity contribution in [2.24, 2.45) is 4.99 Å². The third-order valence-corrected chi connectivity index (χ3v) is 8.10. The SMILES string of the molecule is CCC1(C)C=CC(C)(C)c2cc(C)c(C(C)(CC)c3ccc(CC(=O)N=CC(=O)NC)cc3)cc21. The summed E-state index contributed by atoms with van der Waals surface area (Å²) in [6.07, 6.45) is 7.99. The number of carbonyl (C=O) groups excluding carboxylic acids is 2. The van der Waals surface area contributed by atoms with Crippen molar-refractivity contribution in [2.75, 3.05) is 7.05 Å². The van der Waals surface area contributed by atoms with Crippen LogP contribution < -0.4 is 5.32 Å². The number of aliphatic imine (C=N–C) groups is 1. The molecule has 0 saturated heterocycles. The number of rotatable bonds is 7. The van der Waals surface area contributed by atoms with E-state index in [0.29, 0.717) is 0 Å². The molecule has 2 amide bonds. The van der Waals surface area contributed by atoms with Crippen molar-refractivity contribution in [3.05, 3.63) is 81.9 Å². The van der Waals surface area contributed by atoms with Crippen molar-refractivity contribution in [3.63, 3.8) is 0 Å². The van der Waals surface area contributed by atoms with Crippen LogP contribution in [-0.2, 0) is 32.3 Å². The van der Waals surface area contributed by atoms with Crippen LogP contribution in [0.1, 0.15) is 87.8 Å². The average molecular weight is 473 g/mol. The van der Waals surface area contributed by atoms with E-state index in [1.807, 2.05) is 12.1 Å². The Morgan fingerprint density at radius 3 is 2.26 bits per heavy atom. The minimum Gasteiger partial charge on any atom is -0.354 e. The van der Waals surface area contributed by atoms with Gasteiger partial charge in [-0.05, 0) is 53.1 Å². The molecule has 0 saturated carbocycles. The quantitative estimate of drug-likeness (QED) is 0.390. The van der Waals surface area contributed by atoms with Crippen molar-refractivity contribution in [2.45, 2.75) is 84.0 Å². The second kappa shape index (κ2) is 9.93. The standard InChI is InChI=1S/C31H40N2O2/c1-9-30(6)16-15-29(4,5)25-17-21(3)24(19-26(25)30)31(7,10-2)23-13-11-22(12-14-23)18-27(34)33-20-28(35)32-8/h11-17,19-20H,9-10,18H2,1-8H3,(H,32,35). The monoisotopic (exact) mass is 472 g/mol. The molecule has 0 bridgehead atoms. The maximum atomic E-state index is 12.1. The van der Waals surface area contributed by atoms with Gasteiger partial charge >= 0.3 is 0 Å². The summed E-state index contributed by atoms with van der Waals surface area (Å²) in [5.74, 6) is -0.717. The normalized spacial score (nSPS) is 20.3. The van der Waals surface area contributed by atoms with Gasteiger partial charge in [-0.3, -0.25) is 9.59 Å². The summed E-state index contributed by atoms with van der Waals surface area (Å²) in [5, 5.41) is 2.42. The van der Waals surface area contributed by atoms with Crippen LogP contribution in [0.25, 0.3) is 0 Å². The zero-order valence-corrected chi connectivity index (χ0v) is 22.6. The number of carbonyl (C=O) groups is 2. The van der Waals surface area contributed by atoms with Crippen LogP contribution in [0.4, 0.5) is 0 Å². The molecule has 2 aromatic carbocycles. The number of hydrogen-bond acceptors (Lipinski definition) is 2. The Morgan fingerprint density at radius 2 is 1.69 bits per heavy atom. The van der Waals surface area contributed by atoms with Gasteiger partial charge in [0.1, 0.15) is 0 Å². The van der Waals surface area contributed by atoms with Crippen LogP contribution in [0.2, 0.25) is 0 Å². The van der Waals surface area contributed by atoms with E-state index in [0.717, 1.165) is 24.6 Å². The molecule has 1 N–H and O–H groups in total. The highest BCUT2D eigenvalue weighted by Crippen LogP contribution is 2.47. The molecule has 4 heteroatoms. The Balaban J connectivity index is 1.99. The number of benzene rings is 2.